The van der Waals surface area contributed by atoms with E-state index in [1.807, 2.05) is 39.0 Å². The molecule has 376 valence electrons. The number of aliphatic hydroxyl groups is 4. The van der Waals surface area contributed by atoms with Crippen molar-refractivity contribution in [1.29, 1.82) is 0 Å². The summed E-state index contributed by atoms with van der Waals surface area (Å²) in [5.74, 6) is -5.37. The zero-order chi connectivity index (χ0) is 49.1. The van der Waals surface area contributed by atoms with Crippen LogP contribution in [-0.2, 0) is 33.3 Å². The molecule has 0 aromatic carbocycles. The standard InChI is InChI=1S/C53H88N2O11/c1-12-14-15-18-35(5)46(63-10)33-43-26-20-39(9)53(62,66-43)50(59)51(60)55-29-17-16-19-44(55)52(61)65-42(27-23-40-21-24-41(56)25-22-40)32-45(57)36(6)31-38(8)48(58)49(64-11)47(54-28-13-2)37(7)30-34(3)4/h12,14-15,18,31,34,36-37,39-46,48-49,56-58,62H,1,13,16-17,19-30,32-33H2,2-11H3/b15-14+,35-18+,38-31+,54-47+/t36-,37-,39-,40-,41-,42-,43+,44+,45-,46+,48-,49+,53-/m1/s1. The van der Waals surface area contributed by atoms with Crippen LogP contribution in [-0.4, -0.2) is 131 Å². The molecule has 3 aliphatic rings. The predicted molar refractivity (Wildman–Crippen MR) is 260 cm³/mol. The van der Waals surface area contributed by atoms with Gasteiger partial charge in [-0.3, -0.25) is 14.6 Å². The number of nitrogens with zero attached hydrogens (tertiary/aromatic N) is 2. The summed E-state index contributed by atoms with van der Waals surface area (Å²) in [6, 6.07) is -1.06. The largest absolute Gasteiger partial charge is 0.461 e. The number of Topliss-reactive ketones (excluding diaryl/α,β-unsaturated/α-hetero) is 1. The number of carbonyl (C=O) groups excluding carboxylic acids is 3. The lowest BCUT2D eigenvalue weighted by Gasteiger charge is -2.42. The maximum absolute atomic E-state index is 14.3. The van der Waals surface area contributed by atoms with E-state index in [0.29, 0.717) is 75.3 Å². The van der Waals surface area contributed by atoms with Crippen molar-refractivity contribution >= 4 is 23.4 Å². The van der Waals surface area contributed by atoms with E-state index in [1.165, 1.54) is 4.90 Å². The van der Waals surface area contributed by atoms with Gasteiger partial charge in [-0.1, -0.05) is 78.5 Å². The lowest BCUT2D eigenvalue weighted by molar-refractivity contribution is -0.265. The molecule has 11 atom stereocenters. The first kappa shape index (κ1) is 57.3. The maximum Gasteiger partial charge on any atom is 0.329 e. The highest BCUT2D eigenvalue weighted by atomic mass is 16.6. The fourth-order valence-corrected chi connectivity index (χ4v) is 9.98. The van der Waals surface area contributed by atoms with Gasteiger partial charge in [0.15, 0.2) is 0 Å². The molecule has 4 N–H and O–H groups in total. The number of hydrogen-bond acceptors (Lipinski definition) is 12. The molecule has 0 radical (unpaired) electrons. The Morgan fingerprint density at radius 3 is 2.26 bits per heavy atom. The molecule has 2 aliphatic heterocycles. The molecule has 0 aromatic heterocycles. The van der Waals surface area contributed by atoms with Gasteiger partial charge in [-0.05, 0) is 126 Å². The first-order valence-electron chi connectivity index (χ1n) is 25.1. The summed E-state index contributed by atoms with van der Waals surface area (Å²) < 4.78 is 24.0. The monoisotopic (exact) mass is 929 g/mol. The van der Waals surface area contributed by atoms with Crippen molar-refractivity contribution in [3.8, 4) is 0 Å². The van der Waals surface area contributed by atoms with Crippen molar-refractivity contribution in [2.45, 2.75) is 206 Å². The quantitative estimate of drug-likeness (QED) is 0.0217. The lowest BCUT2D eigenvalue weighted by Crippen LogP contribution is -2.60. The van der Waals surface area contributed by atoms with E-state index in [9.17, 15) is 34.8 Å². The summed E-state index contributed by atoms with van der Waals surface area (Å²) in [4.78, 5) is 48.7. The zero-order valence-corrected chi connectivity index (χ0v) is 42.2. The Bertz CT molecular complexity index is 1650. The minimum atomic E-state index is -2.39. The van der Waals surface area contributed by atoms with Gasteiger partial charge < -0.3 is 44.3 Å². The van der Waals surface area contributed by atoms with E-state index < -0.39 is 71.8 Å². The Labute approximate surface area is 397 Å². The molecule has 2 heterocycles. The normalized spacial score (nSPS) is 28.1. The Morgan fingerprint density at radius 1 is 0.939 bits per heavy atom. The second-order valence-electron chi connectivity index (χ2n) is 20.1. The fraction of sp³-hybridized carbons (Fsp3) is 0.774. The summed E-state index contributed by atoms with van der Waals surface area (Å²) >= 11 is 0. The summed E-state index contributed by atoms with van der Waals surface area (Å²) in [5.41, 5.74) is 2.38. The van der Waals surface area contributed by atoms with Gasteiger partial charge in [0.1, 0.15) is 24.4 Å². The van der Waals surface area contributed by atoms with Crippen LogP contribution >= 0.6 is 0 Å². The molecule has 0 unspecified atom stereocenters. The smallest absolute Gasteiger partial charge is 0.329 e. The number of amides is 1. The van der Waals surface area contributed by atoms with Crippen molar-refractivity contribution < 1.29 is 53.8 Å². The molecular weight excluding hydrogens is 841 g/mol. The summed E-state index contributed by atoms with van der Waals surface area (Å²) in [6.07, 6.45) is 13.6. The Kier molecular flexibility index (Phi) is 24.7. The molecule has 13 heteroatoms. The van der Waals surface area contributed by atoms with Crippen LogP contribution in [0.5, 0.6) is 0 Å². The van der Waals surface area contributed by atoms with Crippen molar-refractivity contribution in [3.63, 3.8) is 0 Å². The third-order valence-corrected chi connectivity index (χ3v) is 14.1. The van der Waals surface area contributed by atoms with Crippen LogP contribution in [0.25, 0.3) is 0 Å². The van der Waals surface area contributed by atoms with Crippen LogP contribution in [0.1, 0.15) is 152 Å². The molecule has 13 nitrogen and oxygen atoms in total. The number of ketones is 1. The number of allylic oxidation sites excluding steroid dienone is 4. The molecule has 0 aromatic rings. The number of rotatable bonds is 26. The van der Waals surface area contributed by atoms with Gasteiger partial charge in [0.2, 0.25) is 5.79 Å². The Morgan fingerprint density at radius 2 is 1.64 bits per heavy atom. The van der Waals surface area contributed by atoms with Crippen LogP contribution in [0.3, 0.4) is 0 Å². The van der Waals surface area contributed by atoms with Crippen molar-refractivity contribution in [3.05, 3.63) is 48.1 Å². The highest BCUT2D eigenvalue weighted by molar-refractivity contribution is 6.39. The highest BCUT2D eigenvalue weighted by Crippen LogP contribution is 2.37. The van der Waals surface area contributed by atoms with Crippen LogP contribution in [0.4, 0.5) is 0 Å². The number of hydrogen-bond donors (Lipinski definition) is 4. The molecule has 3 fully saturated rings. The molecule has 0 spiro atoms. The predicted octanol–water partition coefficient (Wildman–Crippen LogP) is 8.02. The Balaban J connectivity index is 1.82. The van der Waals surface area contributed by atoms with Crippen molar-refractivity contribution in [1.82, 2.24) is 4.90 Å². The van der Waals surface area contributed by atoms with Gasteiger partial charge in [-0.2, -0.15) is 0 Å². The molecule has 3 rings (SSSR count). The van der Waals surface area contributed by atoms with Crippen LogP contribution in [0, 0.1) is 29.6 Å². The van der Waals surface area contributed by atoms with Gasteiger partial charge in [0.25, 0.3) is 11.7 Å². The van der Waals surface area contributed by atoms with Gasteiger partial charge >= 0.3 is 5.97 Å². The Hall–Kier alpha value is -3.04. The maximum atomic E-state index is 14.3. The van der Waals surface area contributed by atoms with Gasteiger partial charge in [-0.25, -0.2) is 4.79 Å². The second-order valence-corrected chi connectivity index (χ2v) is 20.1. The lowest BCUT2D eigenvalue weighted by atomic mass is 9.83. The minimum absolute atomic E-state index is 0.103. The number of aliphatic imine (C=N–C) groups is 1. The average Bonchev–Trinajstić information content (AvgIpc) is 3.29. The molecule has 1 saturated carbocycles. The molecule has 1 aliphatic carbocycles. The molecule has 0 bridgehead atoms. The first-order valence-corrected chi connectivity index (χ1v) is 25.1. The highest BCUT2D eigenvalue weighted by Gasteiger charge is 2.53. The van der Waals surface area contributed by atoms with Crippen LogP contribution in [0.15, 0.2) is 53.1 Å². The van der Waals surface area contributed by atoms with E-state index in [1.54, 1.807) is 33.3 Å². The van der Waals surface area contributed by atoms with Crippen LogP contribution in [0.2, 0.25) is 0 Å². The first-order chi connectivity index (χ1) is 31.3. The van der Waals surface area contributed by atoms with E-state index in [-0.39, 0.29) is 37.5 Å². The van der Waals surface area contributed by atoms with E-state index in [4.69, 9.17) is 23.9 Å². The minimum Gasteiger partial charge on any atom is -0.461 e. The third kappa shape index (κ3) is 16.9. The molecule has 1 amide bonds. The third-order valence-electron chi connectivity index (χ3n) is 14.1. The SMILES string of the molecule is C=C/C=C/C=C(\C)[C@H](C[C@@H]1CC[C@@H](C)[C@](O)(C(=O)C(=O)N2CCCC[C@H]2C(=O)O[C@H](CC[C@H]2CC[C@H](O)CC2)C[C@@H](O)[C@H](C)/C=C(\C)[C@@H](O)[C@@H](OC)/C(=N/CCC)[C@H](C)CC(C)C)O1)OC. The summed E-state index contributed by atoms with van der Waals surface area (Å²) in [5, 5.41) is 45.4. The number of methoxy groups -OCH3 is 2. The molecule has 66 heavy (non-hydrogen) atoms. The average molecular weight is 929 g/mol. The van der Waals surface area contributed by atoms with E-state index in [0.717, 1.165) is 43.4 Å². The van der Waals surface area contributed by atoms with Gasteiger partial charge in [0, 0.05) is 57.7 Å². The van der Waals surface area contributed by atoms with Gasteiger partial charge in [0.05, 0.1) is 24.4 Å². The summed E-state index contributed by atoms with van der Waals surface area (Å²) in [7, 11) is 3.17. The van der Waals surface area contributed by atoms with Crippen LogP contribution < -0.4 is 0 Å². The number of piperidine rings is 1. The number of ether oxygens (including phenoxy) is 4. The topological polar surface area (TPSA) is 185 Å². The number of likely N-dealkylation sites (tertiary alicyclic amines) is 1. The summed E-state index contributed by atoms with van der Waals surface area (Å²) in [6.45, 7) is 20.3. The van der Waals surface area contributed by atoms with Crippen molar-refractivity contribution in [2.75, 3.05) is 27.3 Å². The number of carbonyl (C=O) groups is 3. The molecular formula is C53H88N2O11. The van der Waals surface area contributed by atoms with Crippen molar-refractivity contribution in [2.24, 2.45) is 34.6 Å². The second kappa shape index (κ2) is 28.5. The number of aliphatic hydroxyl groups excluding tert-OH is 3. The fourth-order valence-electron chi connectivity index (χ4n) is 9.98. The van der Waals surface area contributed by atoms with E-state index >= 15 is 0 Å². The number of esters is 1. The van der Waals surface area contributed by atoms with Gasteiger partial charge in [-0.15, -0.1) is 0 Å². The van der Waals surface area contributed by atoms with E-state index in [2.05, 4.69) is 34.3 Å². The zero-order valence-electron chi connectivity index (χ0n) is 42.2. The molecule has 2 saturated heterocycles.